The Morgan fingerprint density at radius 2 is 1.88 bits per heavy atom. The number of rotatable bonds is 4. The molecule has 0 aromatic carbocycles. The largest absolute Gasteiger partial charge is 0.477 e. The Morgan fingerprint density at radius 3 is 2.58 bits per heavy atom. The van der Waals surface area contributed by atoms with Crippen LogP contribution in [-0.4, -0.2) is 34.6 Å². The molecule has 0 bridgehead atoms. The monoisotopic (exact) mass is 366 g/mol. The summed E-state index contributed by atoms with van der Waals surface area (Å²) in [5.41, 5.74) is 1.12. The van der Waals surface area contributed by atoms with Crippen LogP contribution in [-0.2, 0) is 6.18 Å². The fourth-order valence-corrected chi connectivity index (χ4v) is 3.01. The maximum atomic E-state index is 12.7. The number of nitrogens with zero attached hydrogens (tertiary/aromatic N) is 4. The Morgan fingerprint density at radius 1 is 1.15 bits per heavy atom. The molecule has 0 saturated carbocycles. The van der Waals surface area contributed by atoms with Crippen molar-refractivity contribution in [3.8, 4) is 5.88 Å². The highest BCUT2D eigenvalue weighted by atomic mass is 19.4. The second-order valence-corrected chi connectivity index (χ2v) is 6.51. The minimum absolute atomic E-state index is 0.0181. The highest BCUT2D eigenvalue weighted by Crippen LogP contribution is 2.29. The van der Waals surface area contributed by atoms with Gasteiger partial charge in [0.1, 0.15) is 17.8 Å². The maximum absolute atomic E-state index is 12.7. The molecule has 0 aliphatic carbocycles. The zero-order chi connectivity index (χ0) is 18.7. The highest BCUT2D eigenvalue weighted by molar-refractivity contribution is 5.47. The summed E-state index contributed by atoms with van der Waals surface area (Å²) in [4.78, 5) is 14.3. The molecule has 26 heavy (non-hydrogen) atoms. The molecule has 0 atom stereocenters. The van der Waals surface area contributed by atoms with Crippen molar-refractivity contribution in [1.82, 2.24) is 15.0 Å². The quantitative estimate of drug-likeness (QED) is 0.824. The molecule has 0 N–H and O–H groups in total. The van der Waals surface area contributed by atoms with Gasteiger partial charge in [0.2, 0.25) is 5.88 Å². The topological polar surface area (TPSA) is 51.1 Å². The number of aromatic nitrogens is 3. The second kappa shape index (κ2) is 7.47. The number of piperidine rings is 1. The summed E-state index contributed by atoms with van der Waals surface area (Å²) in [5, 5.41) is 0. The molecule has 2 aromatic heterocycles. The minimum Gasteiger partial charge on any atom is -0.477 e. The molecule has 1 saturated heterocycles. The number of alkyl halides is 3. The van der Waals surface area contributed by atoms with Crippen LogP contribution < -0.4 is 9.64 Å². The maximum Gasteiger partial charge on any atom is 0.433 e. The van der Waals surface area contributed by atoms with Crippen LogP contribution in [0.15, 0.2) is 24.5 Å². The van der Waals surface area contributed by atoms with Gasteiger partial charge >= 0.3 is 6.18 Å². The fourth-order valence-electron chi connectivity index (χ4n) is 3.01. The van der Waals surface area contributed by atoms with Crippen molar-refractivity contribution in [1.29, 1.82) is 0 Å². The minimum atomic E-state index is -4.46. The number of anilines is 1. The lowest BCUT2D eigenvalue weighted by molar-refractivity contribution is -0.141. The van der Waals surface area contributed by atoms with Gasteiger partial charge in [-0.3, -0.25) is 0 Å². The van der Waals surface area contributed by atoms with Crippen LogP contribution in [0, 0.1) is 19.8 Å². The molecule has 8 heteroatoms. The molecule has 1 fully saturated rings. The van der Waals surface area contributed by atoms with Crippen LogP contribution >= 0.6 is 0 Å². The van der Waals surface area contributed by atoms with Crippen molar-refractivity contribution < 1.29 is 17.9 Å². The van der Waals surface area contributed by atoms with Gasteiger partial charge < -0.3 is 9.64 Å². The molecular formula is C18H21F3N4O. The van der Waals surface area contributed by atoms with E-state index in [1.54, 1.807) is 6.33 Å². The van der Waals surface area contributed by atoms with Crippen LogP contribution in [0.1, 0.15) is 29.8 Å². The lowest BCUT2D eigenvalue weighted by Crippen LogP contribution is -2.36. The Labute approximate surface area is 150 Å². The first-order valence-electron chi connectivity index (χ1n) is 8.55. The molecule has 140 valence electrons. The third kappa shape index (κ3) is 4.23. The molecule has 1 aliphatic heterocycles. The van der Waals surface area contributed by atoms with Gasteiger partial charge in [-0.25, -0.2) is 15.0 Å². The predicted molar refractivity (Wildman–Crippen MR) is 91.2 cm³/mol. The van der Waals surface area contributed by atoms with Gasteiger partial charge in [0.15, 0.2) is 0 Å². The molecule has 2 aromatic rings. The molecule has 0 radical (unpaired) electrons. The number of hydrogen-bond acceptors (Lipinski definition) is 5. The third-order valence-electron chi connectivity index (χ3n) is 4.70. The summed E-state index contributed by atoms with van der Waals surface area (Å²) in [6, 6.07) is 3.71. The van der Waals surface area contributed by atoms with E-state index in [1.807, 2.05) is 13.8 Å². The van der Waals surface area contributed by atoms with E-state index in [4.69, 9.17) is 4.74 Å². The number of halogens is 3. The summed E-state index contributed by atoms with van der Waals surface area (Å²) in [5.74, 6) is 1.26. The van der Waals surface area contributed by atoms with Crippen molar-refractivity contribution in [3.63, 3.8) is 0 Å². The molecule has 5 nitrogen and oxygen atoms in total. The molecule has 0 spiro atoms. The van der Waals surface area contributed by atoms with Crippen molar-refractivity contribution in [3.05, 3.63) is 41.5 Å². The van der Waals surface area contributed by atoms with Gasteiger partial charge in [0.25, 0.3) is 0 Å². The van der Waals surface area contributed by atoms with Crippen LogP contribution in [0.25, 0.3) is 0 Å². The van der Waals surface area contributed by atoms with Crippen molar-refractivity contribution >= 4 is 5.82 Å². The first kappa shape index (κ1) is 18.4. The molecule has 0 unspecified atom stereocenters. The summed E-state index contributed by atoms with van der Waals surface area (Å²) in [7, 11) is 0. The predicted octanol–water partition coefficient (Wildman–Crippen LogP) is 3.80. The average molecular weight is 366 g/mol. The number of pyridine rings is 1. The third-order valence-corrected chi connectivity index (χ3v) is 4.70. The number of ether oxygens (including phenoxy) is 1. The Balaban J connectivity index is 1.54. The van der Waals surface area contributed by atoms with E-state index < -0.39 is 11.9 Å². The SMILES string of the molecule is Cc1ncnc(N2CCC(COc3cccc(C(F)(F)F)n3)CC2)c1C. The van der Waals surface area contributed by atoms with E-state index in [0.29, 0.717) is 6.61 Å². The number of aryl methyl sites for hydroxylation is 1. The summed E-state index contributed by atoms with van der Waals surface area (Å²) in [6.45, 7) is 6.01. The standard InChI is InChI=1S/C18H21F3N4O/c1-12-13(2)22-11-23-17(12)25-8-6-14(7-9-25)10-26-16-5-3-4-15(24-16)18(19,20)21/h3-5,11,14H,6-10H2,1-2H3. The van der Waals surface area contributed by atoms with Gasteiger partial charge in [-0.2, -0.15) is 13.2 Å². The van der Waals surface area contributed by atoms with E-state index in [9.17, 15) is 13.2 Å². The summed E-state index contributed by atoms with van der Waals surface area (Å²) >= 11 is 0. The van der Waals surface area contributed by atoms with E-state index >= 15 is 0 Å². The van der Waals surface area contributed by atoms with E-state index in [0.717, 1.165) is 49.1 Å². The summed E-state index contributed by atoms with van der Waals surface area (Å²) in [6.07, 6.45) is -1.10. The normalized spacial score (nSPS) is 16.0. The van der Waals surface area contributed by atoms with Crippen LogP contribution in [0.2, 0.25) is 0 Å². The molecule has 3 heterocycles. The highest BCUT2D eigenvalue weighted by Gasteiger charge is 2.32. The van der Waals surface area contributed by atoms with Gasteiger partial charge in [-0.05, 0) is 38.7 Å². The molecular weight excluding hydrogens is 345 g/mol. The molecule has 0 amide bonds. The van der Waals surface area contributed by atoms with Crippen molar-refractivity contribution in [2.75, 3.05) is 24.6 Å². The lowest BCUT2D eigenvalue weighted by Gasteiger charge is -2.33. The Kier molecular flexibility index (Phi) is 5.29. The van der Waals surface area contributed by atoms with Crippen molar-refractivity contribution in [2.24, 2.45) is 5.92 Å². The zero-order valence-corrected chi connectivity index (χ0v) is 14.8. The molecule has 1 aliphatic rings. The van der Waals surface area contributed by atoms with E-state index in [1.165, 1.54) is 12.1 Å². The van der Waals surface area contributed by atoms with E-state index in [-0.39, 0.29) is 11.8 Å². The van der Waals surface area contributed by atoms with Crippen LogP contribution in [0.4, 0.5) is 19.0 Å². The Hall–Kier alpha value is -2.38. The smallest absolute Gasteiger partial charge is 0.433 e. The van der Waals surface area contributed by atoms with Gasteiger partial charge in [0, 0.05) is 30.4 Å². The number of hydrogen-bond donors (Lipinski definition) is 0. The summed E-state index contributed by atoms with van der Waals surface area (Å²) < 4.78 is 43.6. The van der Waals surface area contributed by atoms with Gasteiger partial charge in [0.05, 0.1) is 6.61 Å². The van der Waals surface area contributed by atoms with Crippen molar-refractivity contribution in [2.45, 2.75) is 32.9 Å². The lowest BCUT2D eigenvalue weighted by atomic mass is 9.97. The fraction of sp³-hybridized carbons (Fsp3) is 0.500. The zero-order valence-electron chi connectivity index (χ0n) is 14.8. The van der Waals surface area contributed by atoms with Crippen LogP contribution in [0.5, 0.6) is 5.88 Å². The van der Waals surface area contributed by atoms with E-state index in [2.05, 4.69) is 19.9 Å². The first-order valence-corrected chi connectivity index (χ1v) is 8.55. The molecule has 3 rings (SSSR count). The first-order chi connectivity index (χ1) is 12.3. The average Bonchev–Trinajstić information content (AvgIpc) is 2.62. The Bertz CT molecular complexity index is 758. The van der Waals surface area contributed by atoms with Gasteiger partial charge in [-0.15, -0.1) is 0 Å². The van der Waals surface area contributed by atoms with Gasteiger partial charge in [-0.1, -0.05) is 6.07 Å². The van der Waals surface area contributed by atoms with Crippen LogP contribution in [0.3, 0.4) is 0 Å². The second-order valence-electron chi connectivity index (χ2n) is 6.51.